The summed E-state index contributed by atoms with van der Waals surface area (Å²) in [6, 6.07) is 12.1. The van der Waals surface area contributed by atoms with Gasteiger partial charge in [-0.2, -0.15) is 4.98 Å². The molecule has 0 atom stereocenters. The molecule has 5 heteroatoms. The normalized spacial score (nSPS) is 11.0. The summed E-state index contributed by atoms with van der Waals surface area (Å²) < 4.78 is 1.48. The van der Waals surface area contributed by atoms with Crippen molar-refractivity contribution in [2.45, 2.75) is 24.8 Å². The number of hydrogen-bond acceptors (Lipinski definition) is 4. The molecule has 21 heavy (non-hydrogen) atoms. The second kappa shape index (κ2) is 5.69. The smallest absolute Gasteiger partial charge is 0.251 e. The fraction of sp³-hybridized carbons (Fsp3) is 0.188. The summed E-state index contributed by atoms with van der Waals surface area (Å²) in [5.74, 6) is 0.753. The lowest BCUT2D eigenvalue weighted by atomic mass is 10.2. The van der Waals surface area contributed by atoms with E-state index in [1.54, 1.807) is 6.20 Å². The largest absolute Gasteiger partial charge is 0.355 e. The summed E-state index contributed by atoms with van der Waals surface area (Å²) in [6.07, 6.45) is 1.76. The van der Waals surface area contributed by atoms with Crippen molar-refractivity contribution in [3.8, 4) is 0 Å². The Bertz CT molecular complexity index is 858. The molecule has 3 aromatic rings. The second-order valence-corrected chi connectivity index (χ2v) is 5.94. The molecule has 0 aliphatic carbocycles. The van der Waals surface area contributed by atoms with Crippen LogP contribution in [0.3, 0.4) is 0 Å². The minimum atomic E-state index is -0.282. The predicted octanol–water partition coefficient (Wildman–Crippen LogP) is 3.00. The number of fused-ring (bicyclic) bond motifs is 1. The van der Waals surface area contributed by atoms with Gasteiger partial charge < -0.3 is 0 Å². The Kier molecular flexibility index (Phi) is 3.75. The van der Waals surface area contributed by atoms with Crippen molar-refractivity contribution in [1.29, 1.82) is 0 Å². The predicted molar refractivity (Wildman–Crippen MR) is 84.7 cm³/mol. The van der Waals surface area contributed by atoms with Crippen LogP contribution >= 0.6 is 11.8 Å². The number of thioether (sulfide) groups is 1. The SMILES string of the molecule is Cc1cccc(CSc2nc(=O)n3cc(C)ccc3n2)c1. The number of benzene rings is 1. The molecule has 0 radical (unpaired) electrons. The van der Waals surface area contributed by atoms with Crippen molar-refractivity contribution in [1.82, 2.24) is 14.4 Å². The first-order valence-electron chi connectivity index (χ1n) is 6.67. The van der Waals surface area contributed by atoms with Gasteiger partial charge in [0.2, 0.25) is 0 Å². The van der Waals surface area contributed by atoms with Crippen LogP contribution in [0.1, 0.15) is 16.7 Å². The summed E-state index contributed by atoms with van der Waals surface area (Å²) in [7, 11) is 0. The van der Waals surface area contributed by atoms with Crippen LogP contribution < -0.4 is 5.69 Å². The first kappa shape index (κ1) is 13.8. The number of aromatic nitrogens is 3. The molecule has 0 spiro atoms. The molecule has 0 fully saturated rings. The highest BCUT2D eigenvalue weighted by Crippen LogP contribution is 2.19. The lowest BCUT2D eigenvalue weighted by molar-refractivity contribution is 0.843. The van der Waals surface area contributed by atoms with Crippen LogP contribution in [-0.2, 0) is 5.75 Å². The van der Waals surface area contributed by atoms with Crippen LogP contribution in [0.15, 0.2) is 52.5 Å². The molecule has 1 aromatic carbocycles. The molecule has 2 aromatic heterocycles. The lowest BCUT2D eigenvalue weighted by Crippen LogP contribution is -2.19. The molecule has 4 nitrogen and oxygen atoms in total. The zero-order valence-electron chi connectivity index (χ0n) is 11.9. The molecule has 2 heterocycles. The van der Waals surface area contributed by atoms with E-state index in [1.165, 1.54) is 27.3 Å². The van der Waals surface area contributed by atoms with Crippen molar-refractivity contribution in [3.63, 3.8) is 0 Å². The third-order valence-corrected chi connectivity index (χ3v) is 4.05. The minimum Gasteiger partial charge on any atom is -0.251 e. The standard InChI is InChI=1S/C16H15N3OS/c1-11-4-3-5-13(8-11)10-21-15-17-14-7-6-12(2)9-19(14)16(20)18-15/h3-9H,10H2,1-2H3. The Labute approximate surface area is 126 Å². The number of pyridine rings is 1. The molecular weight excluding hydrogens is 282 g/mol. The number of nitrogens with zero attached hydrogens (tertiary/aromatic N) is 3. The van der Waals surface area contributed by atoms with Crippen molar-refractivity contribution >= 4 is 17.4 Å². The van der Waals surface area contributed by atoms with E-state index in [-0.39, 0.29) is 5.69 Å². The summed E-state index contributed by atoms with van der Waals surface area (Å²) in [5, 5.41) is 0.519. The van der Waals surface area contributed by atoms with Gasteiger partial charge in [-0.15, -0.1) is 0 Å². The van der Waals surface area contributed by atoms with Gasteiger partial charge in [0.05, 0.1) is 0 Å². The van der Waals surface area contributed by atoms with Crippen molar-refractivity contribution in [2.75, 3.05) is 0 Å². The van der Waals surface area contributed by atoms with Crippen LogP contribution in [0, 0.1) is 13.8 Å². The zero-order valence-corrected chi connectivity index (χ0v) is 12.7. The van der Waals surface area contributed by atoms with E-state index < -0.39 is 0 Å². The molecule has 0 aliphatic heterocycles. The van der Waals surface area contributed by atoms with Gasteiger partial charge in [-0.05, 0) is 31.0 Å². The maximum absolute atomic E-state index is 12.0. The van der Waals surface area contributed by atoms with E-state index in [9.17, 15) is 4.79 Å². The third-order valence-electron chi connectivity index (χ3n) is 3.13. The van der Waals surface area contributed by atoms with E-state index in [2.05, 4.69) is 35.1 Å². The number of rotatable bonds is 3. The van der Waals surface area contributed by atoms with Gasteiger partial charge in [-0.3, -0.25) is 4.40 Å². The fourth-order valence-corrected chi connectivity index (χ4v) is 2.89. The van der Waals surface area contributed by atoms with Gasteiger partial charge in [0.1, 0.15) is 5.65 Å². The quantitative estimate of drug-likeness (QED) is 0.697. The Morgan fingerprint density at radius 1 is 1.10 bits per heavy atom. The van der Waals surface area contributed by atoms with Crippen LogP contribution in [-0.4, -0.2) is 14.4 Å². The third kappa shape index (κ3) is 3.13. The van der Waals surface area contributed by atoms with Gasteiger partial charge in [0, 0.05) is 11.9 Å². The van der Waals surface area contributed by atoms with Crippen LogP contribution in [0.4, 0.5) is 0 Å². The first-order valence-corrected chi connectivity index (χ1v) is 7.66. The van der Waals surface area contributed by atoms with E-state index in [0.29, 0.717) is 10.8 Å². The molecule has 0 amide bonds. The number of hydrogen-bond donors (Lipinski definition) is 0. The second-order valence-electron chi connectivity index (χ2n) is 5.00. The average Bonchev–Trinajstić information content (AvgIpc) is 2.46. The highest BCUT2D eigenvalue weighted by molar-refractivity contribution is 7.98. The monoisotopic (exact) mass is 297 g/mol. The van der Waals surface area contributed by atoms with Gasteiger partial charge in [0.15, 0.2) is 5.16 Å². The topological polar surface area (TPSA) is 47.3 Å². The van der Waals surface area contributed by atoms with Gasteiger partial charge in [0.25, 0.3) is 0 Å². The fourth-order valence-electron chi connectivity index (χ4n) is 2.12. The average molecular weight is 297 g/mol. The Morgan fingerprint density at radius 3 is 2.76 bits per heavy atom. The Morgan fingerprint density at radius 2 is 1.95 bits per heavy atom. The first-order chi connectivity index (χ1) is 10.1. The summed E-state index contributed by atoms with van der Waals surface area (Å²) >= 11 is 1.48. The molecule has 0 aliphatic rings. The molecule has 106 valence electrons. The summed E-state index contributed by atoms with van der Waals surface area (Å²) in [4.78, 5) is 20.5. The molecule has 0 saturated heterocycles. The highest BCUT2D eigenvalue weighted by atomic mass is 32.2. The van der Waals surface area contributed by atoms with Crippen molar-refractivity contribution in [3.05, 3.63) is 69.8 Å². The Balaban J connectivity index is 1.88. The highest BCUT2D eigenvalue weighted by Gasteiger charge is 2.05. The van der Waals surface area contributed by atoms with Crippen molar-refractivity contribution < 1.29 is 0 Å². The van der Waals surface area contributed by atoms with Crippen LogP contribution in [0.5, 0.6) is 0 Å². The van der Waals surface area contributed by atoms with Crippen LogP contribution in [0.2, 0.25) is 0 Å². The van der Waals surface area contributed by atoms with Gasteiger partial charge in [-0.25, -0.2) is 9.78 Å². The molecular formula is C16H15N3OS. The van der Waals surface area contributed by atoms with E-state index >= 15 is 0 Å². The molecule has 0 N–H and O–H groups in total. The maximum atomic E-state index is 12.0. The van der Waals surface area contributed by atoms with Gasteiger partial charge >= 0.3 is 5.69 Å². The van der Waals surface area contributed by atoms with E-state index in [0.717, 1.165) is 11.3 Å². The minimum absolute atomic E-state index is 0.282. The summed E-state index contributed by atoms with van der Waals surface area (Å²) in [5.41, 5.74) is 3.78. The molecule has 3 rings (SSSR count). The molecule has 0 saturated carbocycles. The molecule has 0 unspecified atom stereocenters. The summed E-state index contributed by atoms with van der Waals surface area (Å²) in [6.45, 7) is 4.00. The Hall–Kier alpha value is -2.14. The maximum Gasteiger partial charge on any atom is 0.355 e. The zero-order chi connectivity index (χ0) is 14.8. The van der Waals surface area contributed by atoms with Crippen molar-refractivity contribution in [2.24, 2.45) is 0 Å². The van der Waals surface area contributed by atoms with E-state index in [4.69, 9.17) is 0 Å². The van der Waals surface area contributed by atoms with E-state index in [1.807, 2.05) is 25.1 Å². The van der Waals surface area contributed by atoms with Gasteiger partial charge in [-0.1, -0.05) is 47.7 Å². The molecule has 0 bridgehead atoms. The van der Waals surface area contributed by atoms with Crippen LogP contribution in [0.25, 0.3) is 5.65 Å². The lowest BCUT2D eigenvalue weighted by Gasteiger charge is -2.04. The number of aryl methyl sites for hydroxylation is 2.